The molecule has 4 nitrogen and oxygen atoms in total. The Morgan fingerprint density at radius 1 is 0.967 bits per heavy atom. The van der Waals surface area contributed by atoms with Crippen molar-refractivity contribution in [1.29, 1.82) is 0 Å². The Kier molecular flexibility index (Phi) is 5.31. The van der Waals surface area contributed by atoms with Crippen LogP contribution in [-0.4, -0.2) is 41.9 Å². The van der Waals surface area contributed by atoms with Gasteiger partial charge < -0.3 is 4.74 Å². The molecule has 0 amide bonds. The third kappa shape index (κ3) is 3.19. The fraction of sp³-hybridized carbons (Fsp3) is 0.923. The lowest BCUT2D eigenvalue weighted by Gasteiger charge is -2.60. The second-order valence-electron chi connectivity index (χ2n) is 11.8. The normalized spacial score (nSPS) is 49.1. The van der Waals surface area contributed by atoms with E-state index < -0.39 is 0 Å². The molecule has 0 radical (unpaired) electrons. The molecule has 4 heteroatoms. The van der Waals surface area contributed by atoms with Crippen LogP contribution in [0.1, 0.15) is 91.4 Å². The lowest BCUT2D eigenvalue weighted by molar-refractivity contribution is -0.160. The molecule has 168 valence electrons. The average molecular weight is 416 g/mol. The van der Waals surface area contributed by atoms with E-state index in [0.29, 0.717) is 29.0 Å². The van der Waals surface area contributed by atoms with Gasteiger partial charge in [-0.2, -0.15) is 0 Å². The van der Waals surface area contributed by atoms with Crippen LogP contribution in [0.25, 0.3) is 0 Å². The summed E-state index contributed by atoms with van der Waals surface area (Å²) in [6, 6.07) is 0.198. The van der Waals surface area contributed by atoms with Gasteiger partial charge in [0.2, 0.25) is 0 Å². The van der Waals surface area contributed by atoms with Crippen molar-refractivity contribution in [3.05, 3.63) is 0 Å². The number of ketones is 1. The van der Waals surface area contributed by atoms with Crippen LogP contribution in [0.5, 0.6) is 0 Å². The lowest BCUT2D eigenvalue weighted by Crippen LogP contribution is -2.54. The number of nitrogens with zero attached hydrogens (tertiary/aromatic N) is 1. The maximum Gasteiger partial charge on any atom is 0.302 e. The van der Waals surface area contributed by atoms with Crippen molar-refractivity contribution in [1.82, 2.24) is 4.90 Å². The van der Waals surface area contributed by atoms with Crippen molar-refractivity contribution >= 4 is 11.8 Å². The summed E-state index contributed by atoms with van der Waals surface area (Å²) in [7, 11) is 0. The van der Waals surface area contributed by atoms with E-state index in [9.17, 15) is 9.59 Å². The first-order valence-corrected chi connectivity index (χ1v) is 12.8. The molecule has 4 saturated carbocycles. The topological polar surface area (TPSA) is 46.6 Å². The van der Waals surface area contributed by atoms with Gasteiger partial charge in [-0.15, -0.1) is 0 Å². The summed E-state index contributed by atoms with van der Waals surface area (Å²) >= 11 is 0. The van der Waals surface area contributed by atoms with Crippen molar-refractivity contribution in [3.63, 3.8) is 0 Å². The van der Waals surface area contributed by atoms with Crippen LogP contribution in [0, 0.1) is 34.5 Å². The predicted molar refractivity (Wildman–Crippen MR) is 117 cm³/mol. The van der Waals surface area contributed by atoms with Gasteiger partial charge in [0, 0.05) is 12.3 Å². The minimum atomic E-state index is -0.126. The second-order valence-corrected chi connectivity index (χ2v) is 11.8. The number of Topliss-reactive ketones (excluding diaryl/α,β-unsaturated/α-hetero) is 1. The highest BCUT2D eigenvalue weighted by molar-refractivity contribution is 5.92. The molecule has 1 heterocycles. The van der Waals surface area contributed by atoms with E-state index in [1.165, 1.54) is 44.9 Å². The van der Waals surface area contributed by atoms with E-state index in [-0.39, 0.29) is 23.5 Å². The number of likely N-dealkylation sites (tertiary alicyclic amines) is 1. The molecule has 5 fully saturated rings. The van der Waals surface area contributed by atoms with Crippen molar-refractivity contribution in [2.45, 2.75) is 104 Å². The van der Waals surface area contributed by atoms with Crippen LogP contribution in [0.3, 0.4) is 0 Å². The SMILES string of the molecule is CC(=O)O[C@H]1CC[C@@]2(C)[C@@H](CC[C@@H]3[C@@H]2CC[C@]2(C)C(=O)[C@H](N4CCCCC4)C[C@@H]32)C1. The number of piperidine rings is 1. The maximum atomic E-state index is 13.7. The Labute approximate surface area is 182 Å². The smallest absolute Gasteiger partial charge is 0.302 e. The number of fused-ring (bicyclic) bond motifs is 5. The van der Waals surface area contributed by atoms with E-state index in [1.807, 2.05) is 0 Å². The molecule has 8 atom stereocenters. The minimum Gasteiger partial charge on any atom is -0.463 e. The van der Waals surface area contributed by atoms with E-state index in [1.54, 1.807) is 6.92 Å². The molecule has 30 heavy (non-hydrogen) atoms. The number of carbonyl (C=O) groups is 2. The molecule has 0 unspecified atom stereocenters. The van der Waals surface area contributed by atoms with E-state index in [2.05, 4.69) is 18.7 Å². The number of carbonyl (C=O) groups excluding carboxylic acids is 2. The van der Waals surface area contributed by atoms with Gasteiger partial charge >= 0.3 is 5.97 Å². The average Bonchev–Trinajstić information content (AvgIpc) is 3.00. The zero-order valence-electron chi connectivity index (χ0n) is 19.3. The van der Waals surface area contributed by atoms with E-state index in [0.717, 1.165) is 44.7 Å². The van der Waals surface area contributed by atoms with Crippen LogP contribution >= 0.6 is 0 Å². The molecule has 1 saturated heterocycles. The number of hydrogen-bond acceptors (Lipinski definition) is 4. The van der Waals surface area contributed by atoms with Gasteiger partial charge in [-0.3, -0.25) is 14.5 Å². The molecule has 0 aromatic carbocycles. The third-order valence-electron chi connectivity index (χ3n) is 10.5. The van der Waals surface area contributed by atoms with Gasteiger partial charge in [0.15, 0.2) is 5.78 Å². The minimum absolute atomic E-state index is 0.0819. The highest BCUT2D eigenvalue weighted by atomic mass is 16.5. The largest absolute Gasteiger partial charge is 0.463 e. The fourth-order valence-corrected chi connectivity index (χ4v) is 8.89. The van der Waals surface area contributed by atoms with E-state index >= 15 is 0 Å². The zero-order valence-corrected chi connectivity index (χ0v) is 19.3. The summed E-state index contributed by atoms with van der Waals surface area (Å²) in [4.78, 5) is 27.7. The number of ether oxygens (including phenoxy) is 1. The number of hydrogen-bond donors (Lipinski definition) is 0. The van der Waals surface area contributed by atoms with Gasteiger partial charge in [-0.05, 0) is 106 Å². The zero-order chi connectivity index (χ0) is 21.1. The summed E-state index contributed by atoms with van der Waals surface area (Å²) in [5, 5.41) is 0. The molecule has 5 rings (SSSR count). The lowest BCUT2D eigenvalue weighted by atomic mass is 9.45. The molecule has 1 aliphatic heterocycles. The maximum absolute atomic E-state index is 13.7. The van der Waals surface area contributed by atoms with Crippen LogP contribution in [0.4, 0.5) is 0 Å². The monoisotopic (exact) mass is 415 g/mol. The van der Waals surface area contributed by atoms with Crippen LogP contribution in [0.15, 0.2) is 0 Å². The van der Waals surface area contributed by atoms with E-state index in [4.69, 9.17) is 4.74 Å². The van der Waals surface area contributed by atoms with Crippen LogP contribution in [0.2, 0.25) is 0 Å². The summed E-state index contributed by atoms with van der Waals surface area (Å²) in [6.07, 6.45) is 13.2. The number of esters is 1. The van der Waals surface area contributed by atoms with Gasteiger partial charge in [0.1, 0.15) is 6.10 Å². The van der Waals surface area contributed by atoms with Gasteiger partial charge in [0.25, 0.3) is 0 Å². The molecule has 0 spiro atoms. The molecule has 0 N–H and O–H groups in total. The molecule has 5 aliphatic rings. The first-order chi connectivity index (χ1) is 14.3. The fourth-order valence-electron chi connectivity index (χ4n) is 8.89. The summed E-state index contributed by atoms with van der Waals surface area (Å²) < 4.78 is 5.61. The molecule has 0 bridgehead atoms. The standard InChI is InChI=1S/C26H41NO3/c1-17(28)30-19-9-11-25(2)18(15-19)7-8-20-21(25)10-12-26(3)22(20)16-23(24(26)29)27-13-5-4-6-14-27/h18-23H,4-16H2,1-3H3/t18-,19-,20+,21-,22-,23+,25-,26-/m0/s1. The molecule has 0 aromatic heterocycles. The van der Waals surface area contributed by atoms with Gasteiger partial charge in [0.05, 0.1) is 6.04 Å². The Hall–Kier alpha value is -0.900. The van der Waals surface area contributed by atoms with Crippen molar-refractivity contribution < 1.29 is 14.3 Å². The molecule has 0 aromatic rings. The van der Waals surface area contributed by atoms with Gasteiger partial charge in [-0.1, -0.05) is 20.3 Å². The predicted octanol–water partition coefficient (Wildman–Crippen LogP) is 4.99. The second kappa shape index (κ2) is 7.60. The first-order valence-electron chi connectivity index (χ1n) is 12.8. The molecule has 4 aliphatic carbocycles. The van der Waals surface area contributed by atoms with Crippen LogP contribution in [-0.2, 0) is 14.3 Å². The highest BCUT2D eigenvalue weighted by Crippen LogP contribution is 2.65. The Bertz CT molecular complexity index is 700. The molecular formula is C26H41NO3. The highest BCUT2D eigenvalue weighted by Gasteiger charge is 2.63. The van der Waals surface area contributed by atoms with Gasteiger partial charge in [-0.25, -0.2) is 0 Å². The first kappa shape index (κ1) is 21.0. The summed E-state index contributed by atoms with van der Waals surface area (Å²) in [6.45, 7) is 8.67. The quantitative estimate of drug-likeness (QED) is 0.596. The summed E-state index contributed by atoms with van der Waals surface area (Å²) in [5.74, 6) is 3.18. The van der Waals surface area contributed by atoms with Crippen molar-refractivity contribution in [3.8, 4) is 0 Å². The molecular weight excluding hydrogens is 374 g/mol. The third-order valence-corrected chi connectivity index (χ3v) is 10.5. The Morgan fingerprint density at radius 2 is 1.73 bits per heavy atom. The Balaban J connectivity index is 1.35. The van der Waals surface area contributed by atoms with Crippen molar-refractivity contribution in [2.75, 3.05) is 13.1 Å². The Morgan fingerprint density at radius 3 is 2.47 bits per heavy atom. The number of rotatable bonds is 2. The summed E-state index contributed by atoms with van der Waals surface area (Å²) in [5.41, 5.74) is 0.286. The van der Waals surface area contributed by atoms with Crippen molar-refractivity contribution in [2.24, 2.45) is 34.5 Å². The van der Waals surface area contributed by atoms with Crippen LogP contribution < -0.4 is 0 Å².